The number of carbonyl (C=O) groups excluding carboxylic acids is 1. The Bertz CT molecular complexity index is 663. The molecule has 1 amide bonds. The molecule has 2 aromatic rings. The first-order chi connectivity index (χ1) is 11.0. The summed E-state index contributed by atoms with van der Waals surface area (Å²) in [6.45, 7) is 2.70. The summed E-state index contributed by atoms with van der Waals surface area (Å²) in [6.07, 6.45) is 0.798. The largest absolute Gasteiger partial charge is 0.399 e. The summed E-state index contributed by atoms with van der Waals surface area (Å²) in [5, 5.41) is 3.15. The van der Waals surface area contributed by atoms with Gasteiger partial charge in [0.05, 0.1) is 0 Å². The standard InChI is InChI=1S/C19H25N3O.2ClH/c1-14-9-10-16(20)12-18(14)19(23)21-17(13-22(2)3)11-15-7-5-4-6-8-15;;/h4-10,12,17H,11,13,20H2,1-3H3,(H,21,23);2*1H. The molecule has 0 aliphatic carbocycles. The van der Waals surface area contributed by atoms with E-state index < -0.39 is 0 Å². The molecule has 0 aromatic heterocycles. The van der Waals surface area contributed by atoms with Gasteiger partial charge in [-0.25, -0.2) is 0 Å². The Hall–Kier alpha value is -1.75. The fourth-order valence-corrected chi connectivity index (χ4v) is 2.65. The normalized spacial score (nSPS) is 11.2. The molecule has 0 bridgehead atoms. The van der Waals surface area contributed by atoms with Crippen LogP contribution in [0.25, 0.3) is 0 Å². The predicted molar refractivity (Wildman–Crippen MR) is 110 cm³/mol. The van der Waals surface area contributed by atoms with E-state index in [0.717, 1.165) is 18.5 Å². The molecule has 25 heavy (non-hydrogen) atoms. The number of rotatable bonds is 6. The molecule has 0 spiro atoms. The van der Waals surface area contributed by atoms with Crippen LogP contribution in [0.1, 0.15) is 21.5 Å². The van der Waals surface area contributed by atoms with Gasteiger partial charge in [-0.3, -0.25) is 4.79 Å². The van der Waals surface area contributed by atoms with Crippen molar-refractivity contribution in [2.45, 2.75) is 19.4 Å². The van der Waals surface area contributed by atoms with Crippen LogP contribution in [-0.2, 0) is 6.42 Å². The fraction of sp³-hybridized carbons (Fsp3) is 0.316. The van der Waals surface area contributed by atoms with Crippen LogP contribution < -0.4 is 11.1 Å². The summed E-state index contributed by atoms with van der Waals surface area (Å²) < 4.78 is 0. The summed E-state index contributed by atoms with van der Waals surface area (Å²) >= 11 is 0. The minimum atomic E-state index is -0.0717. The second-order valence-corrected chi connectivity index (χ2v) is 6.20. The van der Waals surface area contributed by atoms with Gasteiger partial charge in [-0.1, -0.05) is 36.4 Å². The van der Waals surface area contributed by atoms with Crippen molar-refractivity contribution in [2.75, 3.05) is 26.4 Å². The molecular formula is C19H27Cl2N3O. The van der Waals surface area contributed by atoms with Crippen molar-refractivity contribution in [3.8, 4) is 0 Å². The molecule has 2 aromatic carbocycles. The van der Waals surface area contributed by atoms with Crippen LogP contribution in [0.2, 0.25) is 0 Å². The van der Waals surface area contributed by atoms with Crippen LogP contribution >= 0.6 is 24.8 Å². The maximum absolute atomic E-state index is 12.6. The van der Waals surface area contributed by atoms with Crippen molar-refractivity contribution in [3.63, 3.8) is 0 Å². The van der Waals surface area contributed by atoms with E-state index in [1.807, 2.05) is 51.4 Å². The number of aryl methyl sites for hydroxylation is 1. The molecule has 0 radical (unpaired) electrons. The average Bonchev–Trinajstić information content (AvgIpc) is 2.50. The van der Waals surface area contributed by atoms with E-state index >= 15 is 0 Å². The van der Waals surface area contributed by atoms with Gasteiger partial charge in [0.15, 0.2) is 0 Å². The van der Waals surface area contributed by atoms with E-state index in [-0.39, 0.29) is 36.8 Å². The summed E-state index contributed by atoms with van der Waals surface area (Å²) in [7, 11) is 4.02. The predicted octanol–water partition coefficient (Wildman–Crippen LogP) is 3.32. The molecule has 1 unspecified atom stereocenters. The summed E-state index contributed by atoms with van der Waals surface area (Å²) in [5.41, 5.74) is 9.20. The van der Waals surface area contributed by atoms with Gasteiger partial charge >= 0.3 is 0 Å². The number of nitrogens with one attached hydrogen (secondary N) is 1. The molecule has 0 aliphatic heterocycles. The molecule has 0 saturated heterocycles. The van der Waals surface area contributed by atoms with Gasteiger partial charge in [0.1, 0.15) is 0 Å². The summed E-state index contributed by atoms with van der Waals surface area (Å²) in [6, 6.07) is 15.7. The number of carbonyl (C=O) groups is 1. The first-order valence-corrected chi connectivity index (χ1v) is 7.81. The third kappa shape index (κ3) is 7.34. The van der Waals surface area contributed by atoms with E-state index in [1.165, 1.54) is 5.56 Å². The molecule has 138 valence electrons. The highest BCUT2D eigenvalue weighted by atomic mass is 35.5. The van der Waals surface area contributed by atoms with Gasteiger partial charge in [0.2, 0.25) is 0 Å². The highest BCUT2D eigenvalue weighted by molar-refractivity contribution is 5.96. The third-order valence-corrected chi connectivity index (χ3v) is 3.75. The fourth-order valence-electron chi connectivity index (χ4n) is 2.65. The number of anilines is 1. The molecule has 1 atom stereocenters. The van der Waals surface area contributed by atoms with Gasteiger partial charge in [-0.05, 0) is 50.7 Å². The van der Waals surface area contributed by atoms with Gasteiger partial charge < -0.3 is 16.0 Å². The smallest absolute Gasteiger partial charge is 0.251 e. The molecule has 3 N–H and O–H groups in total. The molecule has 0 aliphatic rings. The molecule has 0 fully saturated rings. The van der Waals surface area contributed by atoms with Crippen LogP contribution in [-0.4, -0.2) is 37.5 Å². The lowest BCUT2D eigenvalue weighted by Crippen LogP contribution is -2.43. The second-order valence-electron chi connectivity index (χ2n) is 6.20. The van der Waals surface area contributed by atoms with Crippen LogP contribution in [0.5, 0.6) is 0 Å². The molecule has 0 saturated carbocycles. The van der Waals surface area contributed by atoms with Crippen LogP contribution in [0, 0.1) is 6.92 Å². The van der Waals surface area contributed by atoms with Gasteiger partial charge in [0, 0.05) is 23.8 Å². The zero-order valence-corrected chi connectivity index (χ0v) is 16.5. The van der Waals surface area contributed by atoms with Crippen LogP contribution in [0.3, 0.4) is 0 Å². The first kappa shape index (κ1) is 23.2. The molecular weight excluding hydrogens is 357 g/mol. The average molecular weight is 384 g/mol. The Morgan fingerprint density at radius 2 is 1.76 bits per heavy atom. The Balaban J connectivity index is 0.00000288. The number of benzene rings is 2. The number of hydrogen-bond acceptors (Lipinski definition) is 3. The van der Waals surface area contributed by atoms with Crippen molar-refractivity contribution in [1.29, 1.82) is 0 Å². The van der Waals surface area contributed by atoms with Gasteiger partial charge in [0.25, 0.3) is 5.91 Å². The van der Waals surface area contributed by atoms with E-state index in [4.69, 9.17) is 5.73 Å². The van der Waals surface area contributed by atoms with E-state index in [1.54, 1.807) is 6.07 Å². The molecule has 0 heterocycles. The van der Waals surface area contributed by atoms with E-state index in [9.17, 15) is 4.79 Å². The van der Waals surface area contributed by atoms with Crippen molar-refractivity contribution in [1.82, 2.24) is 10.2 Å². The zero-order chi connectivity index (χ0) is 16.8. The Morgan fingerprint density at radius 3 is 2.36 bits per heavy atom. The zero-order valence-electron chi connectivity index (χ0n) is 14.9. The lowest BCUT2D eigenvalue weighted by Gasteiger charge is -2.23. The first-order valence-electron chi connectivity index (χ1n) is 7.81. The van der Waals surface area contributed by atoms with Gasteiger partial charge in [-0.15, -0.1) is 24.8 Å². The number of nitrogens with two attached hydrogens (primary N) is 1. The maximum atomic E-state index is 12.6. The highest BCUT2D eigenvalue weighted by Crippen LogP contribution is 2.13. The summed E-state index contributed by atoms with van der Waals surface area (Å²) in [5.74, 6) is -0.0717. The minimum Gasteiger partial charge on any atom is -0.399 e. The van der Waals surface area contributed by atoms with Crippen molar-refractivity contribution in [3.05, 3.63) is 65.2 Å². The lowest BCUT2D eigenvalue weighted by atomic mass is 10.0. The Kier molecular flexibility index (Phi) is 10.2. The number of likely N-dealkylation sites (N-methyl/N-ethyl adjacent to an activating group) is 1. The van der Waals surface area contributed by atoms with Crippen molar-refractivity contribution < 1.29 is 4.79 Å². The Labute approximate surface area is 162 Å². The quantitative estimate of drug-likeness (QED) is 0.752. The second kappa shape index (κ2) is 11.0. The van der Waals surface area contributed by atoms with E-state index in [2.05, 4.69) is 22.3 Å². The topological polar surface area (TPSA) is 58.4 Å². The minimum absolute atomic E-state index is 0. The number of halogens is 2. The molecule has 6 heteroatoms. The monoisotopic (exact) mass is 383 g/mol. The maximum Gasteiger partial charge on any atom is 0.251 e. The Morgan fingerprint density at radius 1 is 1.12 bits per heavy atom. The van der Waals surface area contributed by atoms with Crippen molar-refractivity contribution >= 4 is 36.4 Å². The lowest BCUT2D eigenvalue weighted by molar-refractivity contribution is 0.0929. The summed E-state index contributed by atoms with van der Waals surface area (Å²) in [4.78, 5) is 14.7. The van der Waals surface area contributed by atoms with Crippen LogP contribution in [0.15, 0.2) is 48.5 Å². The highest BCUT2D eigenvalue weighted by Gasteiger charge is 2.17. The molecule has 4 nitrogen and oxygen atoms in total. The van der Waals surface area contributed by atoms with Crippen LogP contribution in [0.4, 0.5) is 5.69 Å². The number of nitrogens with zero attached hydrogens (tertiary/aromatic N) is 1. The van der Waals surface area contributed by atoms with Crippen molar-refractivity contribution in [2.24, 2.45) is 0 Å². The SMILES string of the molecule is Cc1ccc(N)cc1C(=O)NC(Cc1ccccc1)CN(C)C.Cl.Cl. The number of amides is 1. The third-order valence-electron chi connectivity index (χ3n) is 3.75. The molecule has 2 rings (SSSR count). The number of hydrogen-bond donors (Lipinski definition) is 2. The number of nitrogen functional groups attached to an aromatic ring is 1. The van der Waals surface area contributed by atoms with E-state index in [0.29, 0.717) is 11.3 Å². The van der Waals surface area contributed by atoms with Gasteiger partial charge in [-0.2, -0.15) is 0 Å².